The lowest BCUT2D eigenvalue weighted by Crippen LogP contribution is -2.07. The van der Waals surface area contributed by atoms with E-state index in [0.717, 1.165) is 10.9 Å². The molecular weight excluding hydrogens is 450 g/mol. The quantitative estimate of drug-likeness (QED) is 0.334. The van der Waals surface area contributed by atoms with Gasteiger partial charge in [0.1, 0.15) is 35.3 Å². The number of carbonyl (C=O) groups is 1. The first-order valence-corrected chi connectivity index (χ1v) is 10.7. The molecule has 9 heteroatoms. The minimum atomic E-state index is -0.970. The molecule has 5 aromatic rings. The van der Waals surface area contributed by atoms with Gasteiger partial charge in [0.15, 0.2) is 5.76 Å². The second-order valence-electron chi connectivity index (χ2n) is 8.02. The van der Waals surface area contributed by atoms with Crippen molar-refractivity contribution in [2.24, 2.45) is 0 Å². The molecule has 0 spiro atoms. The summed E-state index contributed by atoms with van der Waals surface area (Å²) in [6.07, 6.45) is 1.71. The summed E-state index contributed by atoms with van der Waals surface area (Å²) in [5.41, 5.74) is 2.29. The van der Waals surface area contributed by atoms with Crippen LogP contribution in [0.15, 0.2) is 70.0 Å². The summed E-state index contributed by atoms with van der Waals surface area (Å²) in [6, 6.07) is 15.8. The number of aryl methyl sites for hydroxylation is 1. The lowest BCUT2D eigenvalue weighted by molar-refractivity contribution is -0.137. The Morgan fingerprint density at radius 2 is 1.91 bits per heavy atom. The fraction of sp³-hybridized carbons (Fsp3) is 0.115. The third-order valence-electron chi connectivity index (χ3n) is 5.69. The number of methoxy groups -OCH3 is 1. The van der Waals surface area contributed by atoms with Crippen molar-refractivity contribution in [3.63, 3.8) is 0 Å². The monoisotopic (exact) mass is 471 g/mol. The van der Waals surface area contributed by atoms with Gasteiger partial charge in [-0.25, -0.2) is 4.98 Å². The largest absolute Gasteiger partial charge is 0.501 e. The number of imidazole rings is 1. The number of aromatic amines is 1. The number of benzene rings is 2. The maximum Gasteiger partial charge on any atom is 0.323 e. The van der Waals surface area contributed by atoms with Crippen LogP contribution in [-0.4, -0.2) is 37.8 Å². The molecule has 0 radical (unpaired) electrons. The topological polar surface area (TPSA) is 131 Å². The van der Waals surface area contributed by atoms with Gasteiger partial charge in [0, 0.05) is 34.3 Å². The van der Waals surface area contributed by atoms with Crippen LogP contribution in [0.5, 0.6) is 11.5 Å². The van der Waals surface area contributed by atoms with E-state index >= 15 is 0 Å². The number of aromatic hydroxyl groups is 1. The van der Waals surface area contributed by atoms with Crippen molar-refractivity contribution in [3.05, 3.63) is 76.8 Å². The lowest BCUT2D eigenvalue weighted by Gasteiger charge is -2.06. The molecule has 3 heterocycles. The number of hydrogen-bond acceptors (Lipinski definition) is 6. The van der Waals surface area contributed by atoms with Gasteiger partial charge in [0.2, 0.25) is 11.2 Å². The van der Waals surface area contributed by atoms with Gasteiger partial charge < -0.3 is 28.9 Å². The highest BCUT2D eigenvalue weighted by Crippen LogP contribution is 2.38. The Bertz CT molecular complexity index is 1630. The molecule has 0 aliphatic rings. The number of nitrogens with one attached hydrogen (secondary N) is 1. The van der Waals surface area contributed by atoms with Gasteiger partial charge in [0.25, 0.3) is 0 Å². The van der Waals surface area contributed by atoms with Crippen molar-refractivity contribution in [1.29, 1.82) is 0 Å². The number of aliphatic carboxylic acids is 1. The predicted octanol–water partition coefficient (Wildman–Crippen LogP) is 4.43. The molecule has 0 saturated heterocycles. The molecule has 35 heavy (non-hydrogen) atoms. The fourth-order valence-corrected chi connectivity index (χ4v) is 4.11. The van der Waals surface area contributed by atoms with Gasteiger partial charge in [0.05, 0.1) is 7.11 Å². The standard InChI is InChI=1S/C26H21N3O6/c1-14-11-20(30)24(33)25(35-14)23-22(15-7-9-16(34-2)10-8-15)27-26(28-23)18-12-29(13-21(31)32)19-6-4-3-5-17(18)19/h3-12,33H,13H2,1-2H3,(H,27,28)(H,31,32). The highest BCUT2D eigenvalue weighted by molar-refractivity contribution is 5.96. The maximum absolute atomic E-state index is 12.3. The van der Waals surface area contributed by atoms with Crippen LogP contribution in [0.25, 0.3) is 45.0 Å². The Morgan fingerprint density at radius 3 is 2.63 bits per heavy atom. The minimum Gasteiger partial charge on any atom is -0.501 e. The maximum atomic E-state index is 12.3. The van der Waals surface area contributed by atoms with Crippen LogP contribution in [0.4, 0.5) is 0 Å². The number of ether oxygens (including phenoxy) is 1. The van der Waals surface area contributed by atoms with E-state index in [-0.39, 0.29) is 12.3 Å². The van der Waals surface area contributed by atoms with Crippen LogP contribution in [0.2, 0.25) is 0 Å². The summed E-state index contributed by atoms with van der Waals surface area (Å²) in [7, 11) is 1.57. The predicted molar refractivity (Wildman–Crippen MR) is 130 cm³/mol. The smallest absolute Gasteiger partial charge is 0.323 e. The van der Waals surface area contributed by atoms with Gasteiger partial charge in [-0.15, -0.1) is 0 Å². The second-order valence-corrected chi connectivity index (χ2v) is 8.02. The minimum absolute atomic E-state index is 0.0335. The Labute approximate surface area is 198 Å². The zero-order valence-electron chi connectivity index (χ0n) is 18.9. The summed E-state index contributed by atoms with van der Waals surface area (Å²) < 4.78 is 12.6. The average Bonchev–Trinajstić information content (AvgIpc) is 3.43. The molecule has 0 fully saturated rings. The van der Waals surface area contributed by atoms with Gasteiger partial charge in [-0.1, -0.05) is 18.2 Å². The van der Waals surface area contributed by atoms with E-state index in [1.165, 1.54) is 6.07 Å². The van der Waals surface area contributed by atoms with Crippen molar-refractivity contribution in [1.82, 2.24) is 14.5 Å². The SMILES string of the molecule is COc1ccc(-c2nc(-c3cn(CC(=O)O)c4ccccc34)[nH]c2-c2oc(C)cc(=O)c2O)cc1. The number of hydrogen-bond donors (Lipinski definition) is 3. The van der Waals surface area contributed by atoms with E-state index in [2.05, 4.69) is 4.98 Å². The Hall–Kier alpha value is -4.79. The molecule has 176 valence electrons. The molecule has 0 aliphatic heterocycles. The first-order chi connectivity index (χ1) is 16.9. The van der Waals surface area contributed by atoms with E-state index < -0.39 is 17.1 Å². The molecule has 2 aromatic carbocycles. The highest BCUT2D eigenvalue weighted by Gasteiger charge is 2.23. The van der Waals surface area contributed by atoms with E-state index in [4.69, 9.17) is 14.1 Å². The van der Waals surface area contributed by atoms with Gasteiger partial charge >= 0.3 is 5.97 Å². The van der Waals surface area contributed by atoms with E-state index in [1.54, 1.807) is 49.1 Å². The number of carboxylic acid groups (broad SMARTS) is 1. The van der Waals surface area contributed by atoms with Crippen molar-refractivity contribution in [3.8, 4) is 45.6 Å². The molecule has 0 amide bonds. The van der Waals surface area contributed by atoms with Crippen LogP contribution in [0, 0.1) is 6.92 Å². The van der Waals surface area contributed by atoms with Gasteiger partial charge in [-0.05, 0) is 37.3 Å². The fourth-order valence-electron chi connectivity index (χ4n) is 4.11. The number of carboxylic acids is 1. The molecule has 0 saturated carbocycles. The first-order valence-electron chi connectivity index (χ1n) is 10.7. The second kappa shape index (κ2) is 8.53. The van der Waals surface area contributed by atoms with Gasteiger partial charge in [-0.3, -0.25) is 9.59 Å². The molecule has 5 rings (SSSR count). The van der Waals surface area contributed by atoms with Gasteiger partial charge in [-0.2, -0.15) is 0 Å². The molecule has 0 atom stereocenters. The molecular formula is C26H21N3O6. The molecule has 0 bridgehead atoms. The zero-order chi connectivity index (χ0) is 24.7. The number of fused-ring (bicyclic) bond motifs is 1. The number of rotatable bonds is 6. The van der Waals surface area contributed by atoms with E-state index in [1.807, 2.05) is 24.3 Å². The zero-order valence-corrected chi connectivity index (χ0v) is 18.9. The molecule has 3 N–H and O–H groups in total. The summed E-state index contributed by atoms with van der Waals surface area (Å²) in [5, 5.41) is 20.7. The first kappa shape index (κ1) is 22.0. The average molecular weight is 471 g/mol. The summed E-state index contributed by atoms with van der Waals surface area (Å²) in [6.45, 7) is 1.40. The number of nitrogens with zero attached hydrogens (tertiary/aromatic N) is 2. The normalized spacial score (nSPS) is 11.1. The summed E-state index contributed by atoms with van der Waals surface area (Å²) >= 11 is 0. The molecule has 0 unspecified atom stereocenters. The van der Waals surface area contributed by atoms with E-state index in [9.17, 15) is 19.8 Å². The number of H-pyrrole nitrogens is 1. The Balaban J connectivity index is 1.77. The third kappa shape index (κ3) is 3.93. The lowest BCUT2D eigenvalue weighted by atomic mass is 10.1. The van der Waals surface area contributed by atoms with Crippen LogP contribution >= 0.6 is 0 Å². The molecule has 9 nitrogen and oxygen atoms in total. The highest BCUT2D eigenvalue weighted by atomic mass is 16.5. The van der Waals surface area contributed by atoms with Crippen molar-refractivity contribution < 1.29 is 24.2 Å². The van der Waals surface area contributed by atoms with Crippen molar-refractivity contribution in [2.45, 2.75) is 13.5 Å². The molecule has 0 aliphatic carbocycles. The summed E-state index contributed by atoms with van der Waals surface area (Å²) in [5.74, 6) is -0.120. The third-order valence-corrected chi connectivity index (χ3v) is 5.69. The van der Waals surface area contributed by atoms with Crippen LogP contribution < -0.4 is 10.2 Å². The molecule has 3 aromatic heterocycles. The Morgan fingerprint density at radius 1 is 1.17 bits per heavy atom. The van der Waals surface area contributed by atoms with Crippen LogP contribution in [0.1, 0.15) is 5.76 Å². The summed E-state index contributed by atoms with van der Waals surface area (Å²) in [4.78, 5) is 31.7. The van der Waals surface area contributed by atoms with Crippen molar-refractivity contribution in [2.75, 3.05) is 7.11 Å². The van der Waals surface area contributed by atoms with Crippen LogP contribution in [-0.2, 0) is 11.3 Å². The number of aromatic nitrogens is 3. The number of para-hydroxylation sites is 1. The van der Waals surface area contributed by atoms with Crippen molar-refractivity contribution >= 4 is 16.9 Å². The van der Waals surface area contributed by atoms with Crippen LogP contribution in [0.3, 0.4) is 0 Å². The van der Waals surface area contributed by atoms with E-state index in [0.29, 0.717) is 39.8 Å². The Kier molecular flexibility index (Phi) is 5.37.